The van der Waals surface area contributed by atoms with Gasteiger partial charge in [0.05, 0.1) is 6.61 Å². The third kappa shape index (κ3) is 1.57. The normalized spacial score (nSPS) is 18.6. The van der Waals surface area contributed by atoms with Crippen molar-refractivity contribution in [1.29, 1.82) is 0 Å². The molecule has 2 rings (SSSR count). The number of aliphatic hydroxyl groups excluding tert-OH is 1. The standard InChI is InChI=1S/C13H18O/c1-10(2)11-4-3-5-12(8-11)13(9-14)6-7-13/h3-5,8,10,14H,6-7,9H2,1-2H3. The fourth-order valence-electron chi connectivity index (χ4n) is 1.92. The van der Waals surface area contributed by atoms with Crippen molar-refractivity contribution in [3.8, 4) is 0 Å². The lowest BCUT2D eigenvalue weighted by molar-refractivity contribution is 0.255. The second-order valence-electron chi connectivity index (χ2n) is 4.72. The Morgan fingerprint density at radius 1 is 1.36 bits per heavy atom. The quantitative estimate of drug-likeness (QED) is 0.777. The Morgan fingerprint density at radius 3 is 2.57 bits per heavy atom. The number of aliphatic hydroxyl groups is 1. The van der Waals surface area contributed by atoms with E-state index >= 15 is 0 Å². The van der Waals surface area contributed by atoms with Crippen LogP contribution in [0.2, 0.25) is 0 Å². The van der Waals surface area contributed by atoms with E-state index in [-0.39, 0.29) is 5.41 Å². The zero-order valence-electron chi connectivity index (χ0n) is 8.96. The number of hydrogen-bond acceptors (Lipinski definition) is 1. The highest BCUT2D eigenvalue weighted by molar-refractivity contribution is 5.35. The molecule has 0 spiro atoms. The second-order valence-corrected chi connectivity index (χ2v) is 4.72. The highest BCUT2D eigenvalue weighted by Crippen LogP contribution is 2.47. The van der Waals surface area contributed by atoms with Gasteiger partial charge in [-0.25, -0.2) is 0 Å². The maximum atomic E-state index is 9.34. The van der Waals surface area contributed by atoms with Crippen molar-refractivity contribution in [2.45, 2.75) is 38.0 Å². The first-order valence-electron chi connectivity index (χ1n) is 5.39. The zero-order valence-corrected chi connectivity index (χ0v) is 8.96. The van der Waals surface area contributed by atoms with Crippen molar-refractivity contribution in [2.24, 2.45) is 0 Å². The summed E-state index contributed by atoms with van der Waals surface area (Å²) in [5.41, 5.74) is 2.82. The van der Waals surface area contributed by atoms with Crippen molar-refractivity contribution in [1.82, 2.24) is 0 Å². The van der Waals surface area contributed by atoms with Crippen LogP contribution in [0.3, 0.4) is 0 Å². The molecule has 1 aliphatic rings. The van der Waals surface area contributed by atoms with Crippen LogP contribution < -0.4 is 0 Å². The van der Waals surface area contributed by atoms with Gasteiger partial charge in [0.2, 0.25) is 0 Å². The van der Waals surface area contributed by atoms with E-state index in [9.17, 15) is 5.11 Å². The fraction of sp³-hybridized carbons (Fsp3) is 0.538. The van der Waals surface area contributed by atoms with Crippen LogP contribution >= 0.6 is 0 Å². The first-order chi connectivity index (χ1) is 6.68. The van der Waals surface area contributed by atoms with E-state index in [0.29, 0.717) is 12.5 Å². The molecule has 1 aromatic rings. The Morgan fingerprint density at radius 2 is 2.07 bits per heavy atom. The van der Waals surface area contributed by atoms with E-state index < -0.39 is 0 Å². The van der Waals surface area contributed by atoms with Gasteiger partial charge in [0.25, 0.3) is 0 Å². The lowest BCUT2D eigenvalue weighted by Crippen LogP contribution is -2.12. The lowest BCUT2D eigenvalue weighted by atomic mass is 9.92. The van der Waals surface area contributed by atoms with E-state index in [1.165, 1.54) is 11.1 Å². The molecule has 0 amide bonds. The van der Waals surface area contributed by atoms with Crippen LogP contribution in [0.25, 0.3) is 0 Å². The van der Waals surface area contributed by atoms with Gasteiger partial charge in [-0.3, -0.25) is 0 Å². The molecule has 0 atom stereocenters. The first-order valence-corrected chi connectivity index (χ1v) is 5.39. The second kappa shape index (κ2) is 3.39. The summed E-state index contributed by atoms with van der Waals surface area (Å²) >= 11 is 0. The van der Waals surface area contributed by atoms with Gasteiger partial charge in [0.1, 0.15) is 0 Å². The molecule has 1 nitrogen and oxygen atoms in total. The Hall–Kier alpha value is -0.820. The van der Waals surface area contributed by atoms with Gasteiger partial charge in [0.15, 0.2) is 0 Å². The molecule has 0 radical (unpaired) electrons. The van der Waals surface area contributed by atoms with Crippen LogP contribution in [0.1, 0.15) is 43.7 Å². The average molecular weight is 190 g/mol. The van der Waals surface area contributed by atoms with Crippen LogP contribution in [-0.2, 0) is 5.41 Å². The van der Waals surface area contributed by atoms with Gasteiger partial charge in [-0.15, -0.1) is 0 Å². The molecule has 0 unspecified atom stereocenters. The molecular weight excluding hydrogens is 172 g/mol. The minimum atomic E-state index is 0.116. The summed E-state index contributed by atoms with van der Waals surface area (Å²) in [6, 6.07) is 8.69. The third-order valence-electron chi connectivity index (χ3n) is 3.32. The Balaban J connectivity index is 2.31. The number of rotatable bonds is 3. The summed E-state index contributed by atoms with van der Waals surface area (Å²) < 4.78 is 0. The predicted molar refractivity (Wildman–Crippen MR) is 58.5 cm³/mol. The summed E-state index contributed by atoms with van der Waals surface area (Å²) in [6.07, 6.45) is 2.29. The predicted octanol–water partition coefficient (Wildman–Crippen LogP) is 2.83. The lowest BCUT2D eigenvalue weighted by Gasteiger charge is -2.14. The Labute approximate surface area is 85.8 Å². The maximum absolute atomic E-state index is 9.34. The topological polar surface area (TPSA) is 20.2 Å². The molecule has 1 saturated carbocycles. The SMILES string of the molecule is CC(C)c1cccc(C2(CO)CC2)c1. The molecule has 0 saturated heterocycles. The van der Waals surface area contributed by atoms with Crippen molar-refractivity contribution in [3.63, 3.8) is 0 Å². The monoisotopic (exact) mass is 190 g/mol. The highest BCUT2D eigenvalue weighted by atomic mass is 16.3. The summed E-state index contributed by atoms with van der Waals surface area (Å²) in [6.45, 7) is 4.71. The molecule has 0 aliphatic heterocycles. The molecule has 1 aromatic carbocycles. The molecule has 1 fully saturated rings. The molecule has 14 heavy (non-hydrogen) atoms. The van der Waals surface area contributed by atoms with Crippen molar-refractivity contribution < 1.29 is 5.11 Å². The van der Waals surface area contributed by atoms with Crippen LogP contribution in [-0.4, -0.2) is 11.7 Å². The summed E-state index contributed by atoms with van der Waals surface area (Å²) in [5, 5.41) is 9.34. The van der Waals surface area contributed by atoms with Crippen LogP contribution in [0.15, 0.2) is 24.3 Å². The summed E-state index contributed by atoms with van der Waals surface area (Å²) in [4.78, 5) is 0. The van der Waals surface area contributed by atoms with E-state index in [1.54, 1.807) is 0 Å². The molecule has 0 bridgehead atoms. The minimum absolute atomic E-state index is 0.116. The number of hydrogen-bond donors (Lipinski definition) is 1. The van der Waals surface area contributed by atoms with Crippen molar-refractivity contribution in [2.75, 3.05) is 6.61 Å². The van der Waals surface area contributed by atoms with E-state index in [0.717, 1.165) is 12.8 Å². The van der Waals surface area contributed by atoms with Crippen LogP contribution in [0.5, 0.6) is 0 Å². The van der Waals surface area contributed by atoms with E-state index in [4.69, 9.17) is 0 Å². The fourth-order valence-corrected chi connectivity index (χ4v) is 1.92. The first kappa shape index (κ1) is 9.72. The zero-order chi connectivity index (χ0) is 10.2. The van der Waals surface area contributed by atoms with Gasteiger partial charge in [0, 0.05) is 5.41 Å². The molecule has 1 aliphatic carbocycles. The maximum Gasteiger partial charge on any atom is 0.0527 e. The molecule has 0 heterocycles. The Bertz CT molecular complexity index is 324. The largest absolute Gasteiger partial charge is 0.395 e. The number of benzene rings is 1. The van der Waals surface area contributed by atoms with Gasteiger partial charge < -0.3 is 5.11 Å². The minimum Gasteiger partial charge on any atom is -0.395 e. The van der Waals surface area contributed by atoms with Gasteiger partial charge in [-0.1, -0.05) is 38.1 Å². The van der Waals surface area contributed by atoms with E-state index in [2.05, 4.69) is 38.1 Å². The van der Waals surface area contributed by atoms with Crippen LogP contribution in [0, 0.1) is 0 Å². The van der Waals surface area contributed by atoms with Crippen LogP contribution in [0.4, 0.5) is 0 Å². The van der Waals surface area contributed by atoms with E-state index in [1.807, 2.05) is 0 Å². The highest BCUT2D eigenvalue weighted by Gasteiger charge is 2.43. The van der Waals surface area contributed by atoms with Gasteiger partial charge in [-0.2, -0.15) is 0 Å². The molecule has 0 aromatic heterocycles. The summed E-state index contributed by atoms with van der Waals surface area (Å²) in [5.74, 6) is 0.574. The molecule has 76 valence electrons. The Kier molecular flexibility index (Phi) is 2.36. The molecular formula is C13H18O. The van der Waals surface area contributed by atoms with Crippen molar-refractivity contribution >= 4 is 0 Å². The average Bonchev–Trinajstić information content (AvgIpc) is 2.98. The summed E-state index contributed by atoms with van der Waals surface area (Å²) in [7, 11) is 0. The molecule has 1 N–H and O–H groups in total. The van der Waals surface area contributed by atoms with Gasteiger partial charge >= 0.3 is 0 Å². The molecule has 1 heteroatoms. The third-order valence-corrected chi connectivity index (χ3v) is 3.32. The van der Waals surface area contributed by atoms with Gasteiger partial charge in [-0.05, 0) is 29.9 Å². The smallest absolute Gasteiger partial charge is 0.0527 e. The van der Waals surface area contributed by atoms with Crippen molar-refractivity contribution in [3.05, 3.63) is 35.4 Å².